The van der Waals surface area contributed by atoms with Crippen LogP contribution in [-0.4, -0.2) is 9.97 Å². The van der Waals surface area contributed by atoms with Crippen LogP contribution in [-0.2, 0) is 0 Å². The van der Waals surface area contributed by atoms with Crippen LogP contribution in [0.5, 0.6) is 0 Å². The minimum absolute atomic E-state index is 0.726. The van der Waals surface area contributed by atoms with E-state index in [-0.39, 0.29) is 0 Å². The van der Waals surface area contributed by atoms with Gasteiger partial charge in [0.2, 0.25) is 0 Å². The number of benzene rings is 5. The predicted molar refractivity (Wildman–Crippen MR) is 154 cm³/mol. The van der Waals surface area contributed by atoms with E-state index in [9.17, 15) is 0 Å². The van der Waals surface area contributed by atoms with Gasteiger partial charge in [-0.05, 0) is 47.4 Å². The van der Waals surface area contributed by atoms with Gasteiger partial charge in [-0.2, -0.15) is 0 Å². The molecule has 1 aromatic heterocycles. The Hall–Kier alpha value is -4.82. The summed E-state index contributed by atoms with van der Waals surface area (Å²) in [6.45, 7) is 2.13. The van der Waals surface area contributed by atoms with E-state index in [2.05, 4.69) is 110 Å². The molecule has 0 bridgehead atoms. The normalized spacial score (nSPS) is 10.8. The van der Waals surface area contributed by atoms with Crippen LogP contribution in [0.3, 0.4) is 0 Å². The maximum atomic E-state index is 5.00. The van der Waals surface area contributed by atoms with E-state index in [4.69, 9.17) is 9.97 Å². The zero-order valence-electron chi connectivity index (χ0n) is 20.7. The van der Waals surface area contributed by atoms with Gasteiger partial charge in [0.05, 0.1) is 11.4 Å². The lowest BCUT2D eigenvalue weighted by atomic mass is 9.96. The van der Waals surface area contributed by atoms with Gasteiger partial charge in [0.1, 0.15) is 0 Å². The smallest absolute Gasteiger partial charge is 0.160 e. The van der Waals surface area contributed by atoms with E-state index in [0.29, 0.717) is 0 Å². The van der Waals surface area contributed by atoms with Gasteiger partial charge in [0.15, 0.2) is 5.82 Å². The Bertz CT molecular complexity index is 1610. The molecule has 37 heavy (non-hydrogen) atoms. The molecule has 6 aromatic rings. The highest BCUT2D eigenvalue weighted by atomic mass is 14.9. The summed E-state index contributed by atoms with van der Waals surface area (Å²) in [5.41, 5.74) is 11.0. The van der Waals surface area contributed by atoms with Crippen LogP contribution in [0, 0.1) is 6.92 Å². The highest BCUT2D eigenvalue weighted by Gasteiger charge is 2.11. The summed E-state index contributed by atoms with van der Waals surface area (Å²) in [6.07, 6.45) is 0. The van der Waals surface area contributed by atoms with Crippen LogP contribution in [0.25, 0.3) is 56.2 Å². The van der Waals surface area contributed by atoms with Crippen molar-refractivity contribution in [2.45, 2.75) is 6.92 Å². The van der Waals surface area contributed by atoms with Crippen LogP contribution in [0.15, 0.2) is 140 Å². The average molecular weight is 475 g/mol. The van der Waals surface area contributed by atoms with E-state index in [1.807, 2.05) is 36.4 Å². The van der Waals surface area contributed by atoms with Crippen molar-refractivity contribution in [3.8, 4) is 56.2 Å². The Morgan fingerprint density at radius 1 is 0.351 bits per heavy atom. The van der Waals surface area contributed by atoms with Crippen molar-refractivity contribution >= 4 is 0 Å². The topological polar surface area (TPSA) is 25.8 Å². The first-order valence-corrected chi connectivity index (χ1v) is 12.5. The molecule has 2 heteroatoms. The second-order valence-corrected chi connectivity index (χ2v) is 9.23. The average Bonchev–Trinajstić information content (AvgIpc) is 2.98. The lowest BCUT2D eigenvalue weighted by Gasteiger charge is -2.11. The molecule has 0 atom stereocenters. The minimum atomic E-state index is 0.726. The standard InChI is InChI=1S/C35H26N2/c1-25-11-8-16-28(21-25)29-17-9-18-30(22-29)31-19-10-20-32(23-31)34-24-33(26-12-4-2-5-13-26)36-35(37-34)27-14-6-3-7-15-27/h2-24H,1H3. The van der Waals surface area contributed by atoms with E-state index in [1.165, 1.54) is 22.3 Å². The Morgan fingerprint density at radius 2 is 0.784 bits per heavy atom. The van der Waals surface area contributed by atoms with E-state index in [0.717, 1.165) is 39.5 Å². The first-order valence-electron chi connectivity index (χ1n) is 12.5. The molecule has 0 saturated carbocycles. The fourth-order valence-electron chi connectivity index (χ4n) is 4.63. The molecule has 2 nitrogen and oxygen atoms in total. The van der Waals surface area contributed by atoms with Crippen molar-refractivity contribution in [3.63, 3.8) is 0 Å². The molecule has 6 rings (SSSR count). The van der Waals surface area contributed by atoms with Gasteiger partial charge in [0, 0.05) is 16.7 Å². The van der Waals surface area contributed by atoms with Crippen molar-refractivity contribution in [1.82, 2.24) is 9.97 Å². The Morgan fingerprint density at radius 3 is 1.38 bits per heavy atom. The fraction of sp³-hybridized carbons (Fsp3) is 0.0286. The molecule has 0 radical (unpaired) electrons. The fourth-order valence-corrected chi connectivity index (χ4v) is 4.63. The molecule has 0 aliphatic carbocycles. The molecular formula is C35H26N2. The maximum Gasteiger partial charge on any atom is 0.160 e. The van der Waals surface area contributed by atoms with Gasteiger partial charge in [-0.25, -0.2) is 9.97 Å². The highest BCUT2D eigenvalue weighted by molar-refractivity contribution is 5.78. The second kappa shape index (κ2) is 10.0. The third kappa shape index (κ3) is 4.96. The minimum Gasteiger partial charge on any atom is -0.228 e. The van der Waals surface area contributed by atoms with Crippen molar-refractivity contribution in [2.75, 3.05) is 0 Å². The molecule has 0 N–H and O–H groups in total. The molecule has 0 amide bonds. The number of hydrogen-bond donors (Lipinski definition) is 0. The van der Waals surface area contributed by atoms with Gasteiger partial charge >= 0.3 is 0 Å². The molecule has 176 valence electrons. The van der Waals surface area contributed by atoms with Gasteiger partial charge in [0.25, 0.3) is 0 Å². The first-order chi connectivity index (χ1) is 18.2. The van der Waals surface area contributed by atoms with Crippen molar-refractivity contribution in [2.24, 2.45) is 0 Å². The lowest BCUT2D eigenvalue weighted by molar-refractivity contribution is 1.18. The molecule has 5 aromatic carbocycles. The number of hydrogen-bond acceptors (Lipinski definition) is 2. The van der Waals surface area contributed by atoms with E-state index >= 15 is 0 Å². The predicted octanol–water partition coefficient (Wildman–Crippen LogP) is 9.12. The van der Waals surface area contributed by atoms with Gasteiger partial charge in [-0.3, -0.25) is 0 Å². The van der Waals surface area contributed by atoms with E-state index < -0.39 is 0 Å². The summed E-state index contributed by atoms with van der Waals surface area (Å²) in [7, 11) is 0. The molecule has 0 fully saturated rings. The number of nitrogens with zero attached hydrogens (tertiary/aromatic N) is 2. The van der Waals surface area contributed by atoms with Crippen LogP contribution < -0.4 is 0 Å². The molecule has 0 aliphatic heterocycles. The number of aryl methyl sites for hydroxylation is 1. The summed E-state index contributed by atoms with van der Waals surface area (Å²) in [4.78, 5) is 9.92. The molecule has 0 saturated heterocycles. The van der Waals surface area contributed by atoms with Crippen molar-refractivity contribution in [1.29, 1.82) is 0 Å². The van der Waals surface area contributed by atoms with Crippen LogP contribution >= 0.6 is 0 Å². The summed E-state index contributed by atoms with van der Waals surface area (Å²) in [5, 5.41) is 0. The van der Waals surface area contributed by atoms with Gasteiger partial charge in [-0.15, -0.1) is 0 Å². The highest BCUT2D eigenvalue weighted by Crippen LogP contribution is 2.32. The second-order valence-electron chi connectivity index (χ2n) is 9.23. The van der Waals surface area contributed by atoms with Crippen LogP contribution in [0.2, 0.25) is 0 Å². The molecule has 0 spiro atoms. The van der Waals surface area contributed by atoms with Crippen LogP contribution in [0.1, 0.15) is 5.56 Å². The SMILES string of the molecule is Cc1cccc(-c2cccc(-c3cccc(-c4cc(-c5ccccc5)nc(-c5ccccc5)n4)c3)c2)c1. The Labute approximate surface area is 218 Å². The zero-order valence-corrected chi connectivity index (χ0v) is 20.7. The van der Waals surface area contributed by atoms with Crippen LogP contribution in [0.4, 0.5) is 0 Å². The molecule has 0 aliphatic rings. The summed E-state index contributed by atoms with van der Waals surface area (Å²) >= 11 is 0. The van der Waals surface area contributed by atoms with Gasteiger partial charge < -0.3 is 0 Å². The summed E-state index contributed by atoms with van der Waals surface area (Å²) < 4.78 is 0. The largest absolute Gasteiger partial charge is 0.228 e. The summed E-state index contributed by atoms with van der Waals surface area (Å²) in [6, 6.07) is 48.5. The Balaban J connectivity index is 1.44. The summed E-state index contributed by atoms with van der Waals surface area (Å²) in [5.74, 6) is 0.726. The third-order valence-electron chi connectivity index (χ3n) is 6.53. The maximum absolute atomic E-state index is 5.00. The molecular weight excluding hydrogens is 448 g/mol. The quantitative estimate of drug-likeness (QED) is 0.249. The first kappa shape index (κ1) is 22.6. The zero-order chi connectivity index (χ0) is 25.0. The molecule has 0 unspecified atom stereocenters. The van der Waals surface area contributed by atoms with Crippen molar-refractivity contribution < 1.29 is 0 Å². The van der Waals surface area contributed by atoms with Crippen molar-refractivity contribution in [3.05, 3.63) is 145 Å². The number of rotatable bonds is 5. The number of aromatic nitrogens is 2. The Kier molecular flexibility index (Phi) is 6.14. The van der Waals surface area contributed by atoms with Gasteiger partial charge in [-0.1, -0.05) is 127 Å². The monoisotopic (exact) mass is 474 g/mol. The molecule has 1 heterocycles. The third-order valence-corrected chi connectivity index (χ3v) is 6.53. The lowest BCUT2D eigenvalue weighted by Crippen LogP contribution is -1.96. The van der Waals surface area contributed by atoms with E-state index in [1.54, 1.807) is 0 Å².